The van der Waals surface area contributed by atoms with Crippen molar-refractivity contribution in [2.75, 3.05) is 0 Å². The Morgan fingerprint density at radius 3 is 1.80 bits per heavy atom. The molecule has 1 aromatic rings. The van der Waals surface area contributed by atoms with Crippen molar-refractivity contribution in [1.82, 2.24) is 0 Å². The molecule has 1 aromatic carbocycles. The Morgan fingerprint density at radius 1 is 1.07 bits per heavy atom. The number of hydrogen-bond donors (Lipinski definition) is 1. The van der Waals surface area contributed by atoms with Gasteiger partial charge in [-0.15, -0.1) is 0 Å². The van der Waals surface area contributed by atoms with Gasteiger partial charge in [-0.3, -0.25) is 4.55 Å². The van der Waals surface area contributed by atoms with Crippen LogP contribution in [-0.4, -0.2) is 21.4 Å². The van der Waals surface area contributed by atoms with Crippen LogP contribution in [0.2, 0.25) is 0 Å². The summed E-state index contributed by atoms with van der Waals surface area (Å²) in [6.45, 7) is 1.73. The Labute approximate surface area is 132 Å². The summed E-state index contributed by atoms with van der Waals surface area (Å²) in [6, 6.07) is 5.13. The molecule has 0 unspecified atom stereocenters. The quantitative estimate of drug-likeness (QED) is 0.372. The summed E-state index contributed by atoms with van der Waals surface area (Å²) in [4.78, 5) is -0.439. The first-order valence-corrected chi connectivity index (χ1v) is 6.98. The SMILES string of the molecule is Cc1ccc(S(=O)(=O)S(=O)(=O)O)cc1.[H-].[K+]. The number of rotatable bonds is 2. The summed E-state index contributed by atoms with van der Waals surface area (Å²) < 4.78 is 51.7. The third kappa shape index (κ3) is 3.60. The van der Waals surface area contributed by atoms with Gasteiger partial charge < -0.3 is 1.43 Å². The minimum absolute atomic E-state index is 0. The molecular formula is C7H9KO5S2. The molecule has 0 aliphatic rings. The second kappa shape index (κ2) is 5.37. The molecule has 8 heteroatoms. The fraction of sp³-hybridized carbons (Fsp3) is 0.143. The zero-order valence-electron chi connectivity index (χ0n) is 9.21. The topological polar surface area (TPSA) is 88.5 Å². The van der Waals surface area contributed by atoms with E-state index in [2.05, 4.69) is 0 Å². The second-order valence-electron chi connectivity index (χ2n) is 2.69. The minimum atomic E-state index is -5.10. The molecule has 5 nitrogen and oxygen atoms in total. The second-order valence-corrected chi connectivity index (χ2v) is 7.51. The van der Waals surface area contributed by atoms with Crippen molar-refractivity contribution in [3.8, 4) is 0 Å². The van der Waals surface area contributed by atoms with E-state index in [0.717, 1.165) is 17.7 Å². The van der Waals surface area contributed by atoms with Crippen LogP contribution in [0.5, 0.6) is 0 Å². The van der Waals surface area contributed by atoms with Crippen molar-refractivity contribution in [3.63, 3.8) is 0 Å². The van der Waals surface area contributed by atoms with Gasteiger partial charge >= 0.3 is 69.4 Å². The van der Waals surface area contributed by atoms with E-state index in [1.165, 1.54) is 12.1 Å². The zero-order chi connectivity index (χ0) is 11.0. The van der Waals surface area contributed by atoms with Crippen molar-refractivity contribution in [3.05, 3.63) is 29.8 Å². The number of benzene rings is 1. The molecule has 0 aliphatic heterocycles. The fourth-order valence-corrected chi connectivity index (χ4v) is 2.60. The average molecular weight is 276 g/mol. The van der Waals surface area contributed by atoms with Crippen molar-refractivity contribution in [2.45, 2.75) is 11.8 Å². The molecule has 1 N–H and O–H groups in total. The van der Waals surface area contributed by atoms with E-state index in [4.69, 9.17) is 4.55 Å². The summed E-state index contributed by atoms with van der Waals surface area (Å²) in [5.41, 5.74) is 0.791. The van der Waals surface area contributed by atoms with E-state index in [9.17, 15) is 16.8 Å². The molecule has 0 spiro atoms. The van der Waals surface area contributed by atoms with Gasteiger partial charge in [-0.05, 0) is 19.1 Å². The average Bonchev–Trinajstić information content (AvgIpc) is 2.03. The molecule has 80 valence electrons. The summed E-state index contributed by atoms with van der Waals surface area (Å²) in [7, 11) is -9.76. The molecule has 0 radical (unpaired) electrons. The molecular weight excluding hydrogens is 267 g/mol. The van der Waals surface area contributed by atoms with Gasteiger partial charge in [0.25, 0.3) is 0 Å². The maximum atomic E-state index is 11.1. The van der Waals surface area contributed by atoms with Crippen LogP contribution in [0.4, 0.5) is 0 Å². The molecule has 0 saturated heterocycles. The van der Waals surface area contributed by atoms with Gasteiger partial charge in [0.2, 0.25) is 0 Å². The van der Waals surface area contributed by atoms with Crippen LogP contribution < -0.4 is 51.4 Å². The Kier molecular flexibility index (Phi) is 5.62. The molecule has 0 amide bonds. The monoisotopic (exact) mass is 276 g/mol. The zero-order valence-corrected chi connectivity index (χ0v) is 13.0. The van der Waals surface area contributed by atoms with Crippen LogP contribution in [0.25, 0.3) is 0 Å². The van der Waals surface area contributed by atoms with E-state index in [1.807, 2.05) is 0 Å². The summed E-state index contributed by atoms with van der Waals surface area (Å²) >= 11 is 0. The van der Waals surface area contributed by atoms with Gasteiger partial charge in [0.15, 0.2) is 0 Å². The Morgan fingerprint density at radius 2 is 1.47 bits per heavy atom. The van der Waals surface area contributed by atoms with E-state index < -0.39 is 22.9 Å². The Balaban J connectivity index is 0. The summed E-state index contributed by atoms with van der Waals surface area (Å²) in [5.74, 6) is 0. The van der Waals surface area contributed by atoms with E-state index in [0.29, 0.717) is 0 Å². The molecule has 15 heavy (non-hydrogen) atoms. The third-order valence-electron chi connectivity index (χ3n) is 1.59. The van der Waals surface area contributed by atoms with Gasteiger partial charge in [-0.25, -0.2) is 8.42 Å². The molecule has 0 fully saturated rings. The predicted octanol–water partition coefficient (Wildman–Crippen LogP) is -2.31. The fourth-order valence-electron chi connectivity index (χ4n) is 0.827. The van der Waals surface area contributed by atoms with Crippen LogP contribution in [0.3, 0.4) is 0 Å². The van der Waals surface area contributed by atoms with Crippen LogP contribution >= 0.6 is 0 Å². The van der Waals surface area contributed by atoms with Crippen molar-refractivity contribution < 1.29 is 74.2 Å². The predicted molar refractivity (Wildman–Crippen MR) is 51.0 cm³/mol. The maximum absolute atomic E-state index is 11.1. The van der Waals surface area contributed by atoms with Crippen LogP contribution in [0.15, 0.2) is 29.2 Å². The molecule has 0 heterocycles. The molecule has 0 bridgehead atoms. The Bertz CT molecular complexity index is 535. The van der Waals surface area contributed by atoms with Gasteiger partial charge in [0.1, 0.15) is 0 Å². The minimum Gasteiger partial charge on any atom is -1.00 e. The largest absolute Gasteiger partial charge is 1.00 e. The van der Waals surface area contributed by atoms with Gasteiger partial charge in [0, 0.05) is 0 Å². The first-order chi connectivity index (χ1) is 6.25. The Hall–Kier alpha value is 0.716. The third-order valence-corrected chi connectivity index (χ3v) is 5.23. The molecule has 1 rings (SSSR count). The first-order valence-electron chi connectivity index (χ1n) is 3.54. The van der Waals surface area contributed by atoms with Gasteiger partial charge in [-0.1, -0.05) is 17.7 Å². The first kappa shape index (κ1) is 15.7. The standard InChI is InChI=1S/C7H8O5S2.K.H/c1-6-2-4-7(5-3-6)13(8,9)14(10,11)12;;/h2-5H,1H3,(H,10,11,12);;/q;+1;-1. The summed E-state index contributed by atoms with van der Waals surface area (Å²) in [5, 5.41) is 0. The van der Waals surface area contributed by atoms with Crippen molar-refractivity contribution in [2.24, 2.45) is 0 Å². The van der Waals surface area contributed by atoms with E-state index >= 15 is 0 Å². The molecule has 0 aliphatic carbocycles. The normalized spacial score (nSPS) is 11.9. The van der Waals surface area contributed by atoms with Crippen LogP contribution in [0.1, 0.15) is 6.99 Å². The number of aryl methyl sites for hydroxylation is 1. The number of hydrogen-bond acceptors (Lipinski definition) is 4. The molecule has 0 saturated carbocycles. The van der Waals surface area contributed by atoms with E-state index in [1.54, 1.807) is 6.92 Å². The molecule has 0 atom stereocenters. The smallest absolute Gasteiger partial charge is 1.00 e. The van der Waals surface area contributed by atoms with Gasteiger partial charge in [-0.2, -0.15) is 8.42 Å². The van der Waals surface area contributed by atoms with Crippen LogP contribution in [0, 0.1) is 6.92 Å². The summed E-state index contributed by atoms with van der Waals surface area (Å²) in [6.07, 6.45) is 0. The van der Waals surface area contributed by atoms with Crippen molar-refractivity contribution in [1.29, 1.82) is 0 Å². The van der Waals surface area contributed by atoms with Crippen molar-refractivity contribution >= 4 is 18.0 Å². The van der Waals surface area contributed by atoms with Crippen LogP contribution in [-0.2, 0) is 18.0 Å². The van der Waals surface area contributed by atoms with Gasteiger partial charge in [0.05, 0.1) is 4.90 Å². The molecule has 0 aromatic heterocycles. The van der Waals surface area contributed by atoms with E-state index in [-0.39, 0.29) is 52.8 Å². The maximum Gasteiger partial charge on any atom is 1.00 e.